The van der Waals surface area contributed by atoms with Gasteiger partial charge in [0.1, 0.15) is 6.33 Å². The molecule has 2 aliphatic heterocycles. The van der Waals surface area contributed by atoms with E-state index in [9.17, 15) is 0 Å². The predicted octanol–water partition coefficient (Wildman–Crippen LogP) is 1.19. The zero-order valence-electron chi connectivity index (χ0n) is 10.2. The van der Waals surface area contributed by atoms with Crippen LogP contribution in [-0.2, 0) is 6.54 Å². The van der Waals surface area contributed by atoms with Crippen molar-refractivity contribution < 1.29 is 0 Å². The maximum absolute atomic E-state index is 4.25. The topological polar surface area (TPSA) is 41.0 Å². The molecule has 92 valence electrons. The quantitative estimate of drug-likeness (QED) is 0.850. The summed E-state index contributed by atoms with van der Waals surface area (Å²) in [6.07, 6.45) is 8.81. The summed E-state index contributed by atoms with van der Waals surface area (Å²) in [4.78, 5) is 10.8. The van der Waals surface area contributed by atoms with Gasteiger partial charge in [-0.2, -0.15) is 0 Å². The number of rotatable bonds is 3. The minimum Gasteiger partial charge on any atom is -0.308 e. The van der Waals surface area contributed by atoms with Crippen LogP contribution in [-0.4, -0.2) is 40.0 Å². The molecule has 3 rings (SSSR count). The molecule has 0 amide bonds. The van der Waals surface area contributed by atoms with Crippen molar-refractivity contribution in [3.8, 4) is 0 Å². The van der Waals surface area contributed by atoms with Gasteiger partial charge in [-0.25, -0.2) is 9.97 Å². The smallest absolute Gasteiger partial charge is 0.115 e. The minimum atomic E-state index is 0.671. The van der Waals surface area contributed by atoms with E-state index in [1.807, 2.05) is 12.3 Å². The van der Waals surface area contributed by atoms with E-state index in [2.05, 4.69) is 20.2 Å². The van der Waals surface area contributed by atoms with E-state index >= 15 is 0 Å². The molecule has 0 saturated carbocycles. The van der Waals surface area contributed by atoms with Crippen LogP contribution < -0.4 is 5.32 Å². The zero-order valence-corrected chi connectivity index (χ0v) is 10.2. The van der Waals surface area contributed by atoms with E-state index in [4.69, 9.17) is 0 Å². The molecular formula is C13H20N4. The van der Waals surface area contributed by atoms with Crippen LogP contribution in [0.5, 0.6) is 0 Å². The lowest BCUT2D eigenvalue weighted by Gasteiger charge is -2.35. The Bertz CT molecular complexity index is 354. The zero-order chi connectivity index (χ0) is 11.5. The molecule has 0 aliphatic carbocycles. The molecule has 1 aromatic heterocycles. The second kappa shape index (κ2) is 5.10. The fourth-order valence-electron chi connectivity index (χ4n) is 3.08. The molecule has 0 spiro atoms. The summed E-state index contributed by atoms with van der Waals surface area (Å²) in [6, 6.07) is 3.49. The van der Waals surface area contributed by atoms with E-state index in [-0.39, 0.29) is 0 Å². The SMILES string of the molecule is c1cc(CNC2CCN3CCCC3C2)ncn1. The van der Waals surface area contributed by atoms with Crippen LogP contribution in [0.4, 0.5) is 0 Å². The first-order valence-electron chi connectivity index (χ1n) is 6.64. The second-order valence-electron chi connectivity index (χ2n) is 5.13. The number of nitrogens with zero attached hydrogens (tertiary/aromatic N) is 3. The highest BCUT2D eigenvalue weighted by Gasteiger charge is 2.31. The lowest BCUT2D eigenvalue weighted by molar-refractivity contribution is 0.166. The van der Waals surface area contributed by atoms with Gasteiger partial charge in [0.05, 0.1) is 5.69 Å². The Kier molecular flexibility index (Phi) is 3.34. The van der Waals surface area contributed by atoms with E-state index in [0.29, 0.717) is 6.04 Å². The number of aromatic nitrogens is 2. The van der Waals surface area contributed by atoms with Crippen molar-refractivity contribution in [1.82, 2.24) is 20.2 Å². The third-order valence-electron chi connectivity index (χ3n) is 4.04. The molecule has 17 heavy (non-hydrogen) atoms. The lowest BCUT2D eigenvalue weighted by Crippen LogP contribution is -2.45. The maximum atomic E-state index is 4.25. The molecule has 4 heteroatoms. The van der Waals surface area contributed by atoms with Gasteiger partial charge in [0.25, 0.3) is 0 Å². The highest BCUT2D eigenvalue weighted by molar-refractivity contribution is 4.98. The average molecular weight is 232 g/mol. The standard InChI is InChI=1S/C13H20N4/c1-2-13-8-11(4-7-17(13)6-1)15-9-12-3-5-14-10-16-12/h3,5,10-11,13,15H,1-2,4,6-9H2. The summed E-state index contributed by atoms with van der Waals surface area (Å²) in [5.41, 5.74) is 1.09. The summed E-state index contributed by atoms with van der Waals surface area (Å²) < 4.78 is 0. The van der Waals surface area contributed by atoms with Crippen molar-refractivity contribution in [2.24, 2.45) is 0 Å². The number of hydrogen-bond acceptors (Lipinski definition) is 4. The highest BCUT2D eigenvalue weighted by Crippen LogP contribution is 2.26. The Morgan fingerprint density at radius 3 is 3.24 bits per heavy atom. The van der Waals surface area contributed by atoms with Gasteiger partial charge < -0.3 is 10.2 Å². The Labute approximate surface area is 102 Å². The Hall–Kier alpha value is -1.00. The van der Waals surface area contributed by atoms with Crippen molar-refractivity contribution >= 4 is 0 Å². The molecule has 2 saturated heterocycles. The lowest BCUT2D eigenvalue weighted by atomic mass is 9.97. The van der Waals surface area contributed by atoms with E-state index in [1.54, 1.807) is 6.33 Å². The molecule has 0 bridgehead atoms. The molecule has 2 aliphatic rings. The average Bonchev–Trinajstić information content (AvgIpc) is 2.85. The van der Waals surface area contributed by atoms with E-state index in [0.717, 1.165) is 18.3 Å². The van der Waals surface area contributed by atoms with Crippen molar-refractivity contribution in [1.29, 1.82) is 0 Å². The maximum Gasteiger partial charge on any atom is 0.115 e. The Morgan fingerprint density at radius 1 is 1.35 bits per heavy atom. The summed E-state index contributed by atoms with van der Waals surface area (Å²) in [5.74, 6) is 0. The fraction of sp³-hybridized carbons (Fsp3) is 0.692. The molecule has 0 radical (unpaired) electrons. The second-order valence-corrected chi connectivity index (χ2v) is 5.13. The van der Waals surface area contributed by atoms with Crippen molar-refractivity contribution in [3.05, 3.63) is 24.3 Å². The summed E-state index contributed by atoms with van der Waals surface area (Å²) in [5, 5.41) is 3.63. The monoisotopic (exact) mass is 232 g/mol. The summed E-state index contributed by atoms with van der Waals surface area (Å²) >= 11 is 0. The first kappa shape index (κ1) is 11.1. The van der Waals surface area contributed by atoms with Crippen molar-refractivity contribution in [3.63, 3.8) is 0 Å². The van der Waals surface area contributed by atoms with Crippen LogP contribution in [0.1, 0.15) is 31.4 Å². The molecule has 1 aromatic rings. The molecule has 2 unspecified atom stereocenters. The third kappa shape index (κ3) is 2.64. The van der Waals surface area contributed by atoms with Gasteiger partial charge in [0.2, 0.25) is 0 Å². The van der Waals surface area contributed by atoms with Gasteiger partial charge in [-0.15, -0.1) is 0 Å². The number of piperidine rings is 1. The normalized spacial score (nSPS) is 29.2. The van der Waals surface area contributed by atoms with Gasteiger partial charge in [-0.1, -0.05) is 0 Å². The van der Waals surface area contributed by atoms with Gasteiger partial charge in [-0.3, -0.25) is 0 Å². The summed E-state index contributed by atoms with van der Waals surface area (Å²) in [7, 11) is 0. The molecule has 3 heterocycles. The number of hydrogen-bond donors (Lipinski definition) is 1. The summed E-state index contributed by atoms with van der Waals surface area (Å²) in [6.45, 7) is 3.47. The molecule has 0 aromatic carbocycles. The van der Waals surface area contributed by atoms with Crippen LogP contribution in [0.3, 0.4) is 0 Å². The highest BCUT2D eigenvalue weighted by atomic mass is 15.2. The fourth-order valence-corrected chi connectivity index (χ4v) is 3.08. The van der Waals surface area contributed by atoms with Crippen LogP contribution in [0.15, 0.2) is 18.6 Å². The van der Waals surface area contributed by atoms with Gasteiger partial charge in [0.15, 0.2) is 0 Å². The molecular weight excluding hydrogens is 212 g/mol. The van der Waals surface area contributed by atoms with Gasteiger partial charge in [0, 0.05) is 24.8 Å². The predicted molar refractivity (Wildman–Crippen MR) is 66.5 cm³/mol. The van der Waals surface area contributed by atoms with Crippen LogP contribution in [0.25, 0.3) is 0 Å². The number of fused-ring (bicyclic) bond motifs is 1. The van der Waals surface area contributed by atoms with Crippen LogP contribution in [0.2, 0.25) is 0 Å². The Morgan fingerprint density at radius 2 is 2.35 bits per heavy atom. The van der Waals surface area contributed by atoms with Crippen LogP contribution in [0, 0.1) is 0 Å². The first-order chi connectivity index (χ1) is 8.42. The number of nitrogens with one attached hydrogen (secondary N) is 1. The largest absolute Gasteiger partial charge is 0.308 e. The van der Waals surface area contributed by atoms with Gasteiger partial charge in [-0.05, 0) is 44.8 Å². The first-order valence-corrected chi connectivity index (χ1v) is 6.64. The van der Waals surface area contributed by atoms with Crippen LogP contribution >= 0.6 is 0 Å². The molecule has 2 atom stereocenters. The van der Waals surface area contributed by atoms with Gasteiger partial charge >= 0.3 is 0 Å². The Balaban J connectivity index is 1.50. The molecule has 1 N–H and O–H groups in total. The molecule has 2 fully saturated rings. The van der Waals surface area contributed by atoms with Crippen molar-refractivity contribution in [2.75, 3.05) is 13.1 Å². The van der Waals surface area contributed by atoms with Crippen molar-refractivity contribution in [2.45, 2.75) is 44.3 Å². The van der Waals surface area contributed by atoms with E-state index < -0.39 is 0 Å². The molecule has 4 nitrogen and oxygen atoms in total. The van der Waals surface area contributed by atoms with E-state index in [1.165, 1.54) is 38.8 Å². The minimum absolute atomic E-state index is 0.671. The third-order valence-corrected chi connectivity index (χ3v) is 4.04.